The summed E-state index contributed by atoms with van der Waals surface area (Å²) in [5.41, 5.74) is 0. The average molecular weight is 395 g/mol. The van der Waals surface area contributed by atoms with Crippen LogP contribution in [0.5, 0.6) is 0 Å². The molecule has 22 heavy (non-hydrogen) atoms. The molecule has 0 aromatic carbocycles. The zero-order chi connectivity index (χ0) is 16.1. The molecular formula is C12H12Cl2N4OS3. The first-order valence-electron chi connectivity index (χ1n) is 6.24. The Kier molecular flexibility index (Phi) is 6.76. The van der Waals surface area contributed by atoms with E-state index in [2.05, 4.69) is 27.4 Å². The van der Waals surface area contributed by atoms with Gasteiger partial charge in [-0.25, -0.2) is 4.98 Å². The Morgan fingerprint density at radius 1 is 1.41 bits per heavy atom. The van der Waals surface area contributed by atoms with E-state index in [0.29, 0.717) is 15.9 Å². The van der Waals surface area contributed by atoms with Crippen molar-refractivity contribution < 1.29 is 4.79 Å². The first-order chi connectivity index (χ1) is 10.5. The largest absolute Gasteiger partial charge is 0.308 e. The van der Waals surface area contributed by atoms with Crippen molar-refractivity contribution in [1.29, 1.82) is 0 Å². The van der Waals surface area contributed by atoms with E-state index in [1.807, 2.05) is 0 Å². The summed E-state index contributed by atoms with van der Waals surface area (Å²) >= 11 is 16.2. The highest BCUT2D eigenvalue weighted by atomic mass is 35.5. The van der Waals surface area contributed by atoms with Crippen LogP contribution in [-0.4, -0.2) is 32.1 Å². The fourth-order valence-corrected chi connectivity index (χ4v) is 4.84. The SMILES string of the molecule is CCSc1nnc(SC(C)C(=O)Nc2ncc(Cl)cc2Cl)s1. The number of rotatable bonds is 6. The second-order valence-electron chi connectivity index (χ2n) is 4.00. The molecule has 0 aliphatic heterocycles. The second kappa shape index (κ2) is 8.35. The third-order valence-corrected chi connectivity index (χ3v) is 5.97. The summed E-state index contributed by atoms with van der Waals surface area (Å²) in [5.74, 6) is 1.03. The van der Waals surface area contributed by atoms with Crippen LogP contribution in [0.4, 0.5) is 5.82 Å². The van der Waals surface area contributed by atoms with Crippen molar-refractivity contribution in [2.75, 3.05) is 11.1 Å². The number of amides is 1. The summed E-state index contributed by atoms with van der Waals surface area (Å²) in [6.45, 7) is 3.84. The van der Waals surface area contributed by atoms with Crippen LogP contribution < -0.4 is 5.32 Å². The minimum atomic E-state index is -0.346. The maximum absolute atomic E-state index is 12.2. The summed E-state index contributed by atoms with van der Waals surface area (Å²) < 4.78 is 1.66. The molecule has 0 saturated heterocycles. The molecule has 0 spiro atoms. The van der Waals surface area contributed by atoms with Gasteiger partial charge in [0.05, 0.1) is 15.3 Å². The van der Waals surface area contributed by atoms with Gasteiger partial charge in [0.2, 0.25) is 5.91 Å². The number of halogens is 2. The molecule has 2 aromatic heterocycles. The van der Waals surface area contributed by atoms with Gasteiger partial charge in [-0.2, -0.15) is 0 Å². The summed E-state index contributed by atoms with van der Waals surface area (Å²) in [4.78, 5) is 16.2. The Morgan fingerprint density at radius 2 is 2.14 bits per heavy atom. The van der Waals surface area contributed by atoms with Gasteiger partial charge < -0.3 is 5.32 Å². The minimum absolute atomic E-state index is 0.207. The van der Waals surface area contributed by atoms with Crippen molar-refractivity contribution in [3.05, 3.63) is 22.3 Å². The monoisotopic (exact) mass is 394 g/mol. The maximum Gasteiger partial charge on any atom is 0.238 e. The summed E-state index contributed by atoms with van der Waals surface area (Å²) in [6, 6.07) is 1.53. The Hall–Kier alpha value is -0.540. The lowest BCUT2D eigenvalue weighted by atomic mass is 10.4. The van der Waals surface area contributed by atoms with E-state index in [1.165, 1.54) is 35.4 Å². The molecule has 0 radical (unpaired) electrons. The Balaban J connectivity index is 1.96. The van der Waals surface area contributed by atoms with Gasteiger partial charge in [0.15, 0.2) is 14.5 Å². The van der Waals surface area contributed by atoms with E-state index < -0.39 is 0 Å². The molecule has 1 unspecified atom stereocenters. The number of nitrogens with zero attached hydrogens (tertiary/aromatic N) is 3. The lowest BCUT2D eigenvalue weighted by molar-refractivity contribution is -0.115. The minimum Gasteiger partial charge on any atom is -0.308 e. The van der Waals surface area contributed by atoms with Crippen molar-refractivity contribution in [2.24, 2.45) is 0 Å². The fraction of sp³-hybridized carbons (Fsp3) is 0.333. The summed E-state index contributed by atoms with van der Waals surface area (Å²) in [6.07, 6.45) is 1.43. The predicted molar refractivity (Wildman–Crippen MR) is 94.5 cm³/mol. The molecule has 0 fully saturated rings. The van der Waals surface area contributed by atoms with Crippen LogP contribution >= 0.6 is 58.1 Å². The predicted octanol–water partition coefficient (Wildman–Crippen LogP) is 4.47. The third kappa shape index (κ3) is 4.99. The van der Waals surface area contributed by atoms with Crippen LogP contribution in [0.15, 0.2) is 20.9 Å². The van der Waals surface area contributed by atoms with Gasteiger partial charge in [0, 0.05) is 6.20 Å². The summed E-state index contributed by atoms with van der Waals surface area (Å²) in [7, 11) is 0. The second-order valence-corrected chi connectivity index (χ2v) is 8.92. The number of hydrogen-bond donors (Lipinski definition) is 1. The van der Waals surface area contributed by atoms with Crippen LogP contribution in [-0.2, 0) is 4.79 Å². The molecule has 1 N–H and O–H groups in total. The molecule has 2 aromatic rings. The number of aromatic nitrogens is 3. The van der Waals surface area contributed by atoms with Gasteiger partial charge in [-0.3, -0.25) is 4.79 Å². The molecule has 0 aliphatic rings. The van der Waals surface area contributed by atoms with Gasteiger partial charge in [0.1, 0.15) is 0 Å². The van der Waals surface area contributed by atoms with E-state index in [-0.39, 0.29) is 11.2 Å². The highest BCUT2D eigenvalue weighted by Crippen LogP contribution is 2.31. The zero-order valence-electron chi connectivity index (χ0n) is 11.7. The Labute approximate surface area is 150 Å². The highest BCUT2D eigenvalue weighted by molar-refractivity contribution is 8.03. The number of anilines is 1. The first-order valence-corrected chi connectivity index (χ1v) is 9.68. The van der Waals surface area contributed by atoms with Crippen LogP contribution in [0.25, 0.3) is 0 Å². The number of nitrogens with one attached hydrogen (secondary N) is 1. The molecule has 1 atom stereocenters. The quantitative estimate of drug-likeness (QED) is 0.728. The molecule has 2 heterocycles. The molecule has 10 heteroatoms. The normalized spacial score (nSPS) is 12.2. The van der Waals surface area contributed by atoms with Crippen molar-refractivity contribution in [2.45, 2.75) is 27.8 Å². The van der Waals surface area contributed by atoms with Crippen LogP contribution in [0.1, 0.15) is 13.8 Å². The number of pyridine rings is 1. The number of carbonyl (C=O) groups excluding carboxylic acids is 1. The smallest absolute Gasteiger partial charge is 0.238 e. The standard InChI is InChI=1S/C12H12Cl2N4OS3/c1-3-20-11-17-18-12(22-11)21-6(2)10(19)16-9-8(14)4-7(13)5-15-9/h4-6H,3H2,1-2H3,(H,15,16,19). The molecule has 0 aliphatic carbocycles. The van der Waals surface area contributed by atoms with Gasteiger partial charge in [-0.05, 0) is 18.7 Å². The number of hydrogen-bond acceptors (Lipinski definition) is 7. The van der Waals surface area contributed by atoms with Crippen molar-refractivity contribution in [3.8, 4) is 0 Å². The molecule has 0 saturated carbocycles. The lowest BCUT2D eigenvalue weighted by Gasteiger charge is -2.10. The fourth-order valence-electron chi connectivity index (χ4n) is 1.36. The molecule has 5 nitrogen and oxygen atoms in total. The average Bonchev–Trinajstić information content (AvgIpc) is 2.89. The topological polar surface area (TPSA) is 67.8 Å². The lowest BCUT2D eigenvalue weighted by Crippen LogP contribution is -2.23. The Morgan fingerprint density at radius 3 is 2.82 bits per heavy atom. The molecule has 1 amide bonds. The number of thioether (sulfide) groups is 2. The molecule has 0 bridgehead atoms. The van der Waals surface area contributed by atoms with E-state index in [1.54, 1.807) is 18.7 Å². The maximum atomic E-state index is 12.2. The first kappa shape index (κ1) is 17.8. The summed E-state index contributed by atoms with van der Waals surface area (Å²) in [5, 5.41) is 11.2. The van der Waals surface area contributed by atoms with Gasteiger partial charge in [0.25, 0.3) is 0 Å². The third-order valence-electron chi connectivity index (χ3n) is 2.35. The van der Waals surface area contributed by atoms with Crippen LogP contribution in [0.3, 0.4) is 0 Å². The highest BCUT2D eigenvalue weighted by Gasteiger charge is 2.18. The van der Waals surface area contributed by atoms with Gasteiger partial charge >= 0.3 is 0 Å². The van der Waals surface area contributed by atoms with E-state index >= 15 is 0 Å². The van der Waals surface area contributed by atoms with Gasteiger partial charge in [-0.15, -0.1) is 10.2 Å². The molecule has 118 valence electrons. The van der Waals surface area contributed by atoms with Crippen molar-refractivity contribution in [3.63, 3.8) is 0 Å². The van der Waals surface area contributed by atoms with Crippen molar-refractivity contribution >= 4 is 69.8 Å². The zero-order valence-corrected chi connectivity index (χ0v) is 15.6. The Bertz CT molecular complexity index is 668. The van der Waals surface area contributed by atoms with Crippen molar-refractivity contribution in [1.82, 2.24) is 15.2 Å². The molecular weight excluding hydrogens is 383 g/mol. The molecule has 2 rings (SSSR count). The van der Waals surface area contributed by atoms with Crippen LogP contribution in [0, 0.1) is 0 Å². The van der Waals surface area contributed by atoms with E-state index in [0.717, 1.165) is 14.4 Å². The number of carbonyl (C=O) groups is 1. The van der Waals surface area contributed by atoms with E-state index in [4.69, 9.17) is 23.2 Å². The van der Waals surface area contributed by atoms with Crippen LogP contribution in [0.2, 0.25) is 10.0 Å². The van der Waals surface area contributed by atoms with E-state index in [9.17, 15) is 4.79 Å². The van der Waals surface area contributed by atoms with Gasteiger partial charge in [-0.1, -0.05) is 65.0 Å².